The van der Waals surface area contributed by atoms with Gasteiger partial charge in [0.1, 0.15) is 5.82 Å². The van der Waals surface area contributed by atoms with Crippen molar-refractivity contribution in [1.29, 1.82) is 0 Å². The Morgan fingerprint density at radius 1 is 1.33 bits per heavy atom. The number of halogens is 1. The molecule has 0 bridgehead atoms. The third-order valence-electron chi connectivity index (χ3n) is 3.96. The molecule has 2 rings (SSSR count). The fourth-order valence-corrected chi connectivity index (χ4v) is 2.94. The van der Waals surface area contributed by atoms with Crippen LogP contribution in [0.5, 0.6) is 0 Å². The maximum Gasteiger partial charge on any atom is 0.123 e. The van der Waals surface area contributed by atoms with E-state index in [-0.39, 0.29) is 17.5 Å². The number of ether oxygens (including phenoxy) is 1. The summed E-state index contributed by atoms with van der Waals surface area (Å²) in [6, 6.07) is 7.12. The Bertz CT molecular complexity index is 433. The minimum Gasteiger partial charge on any atom is -0.373 e. The van der Waals surface area contributed by atoms with Gasteiger partial charge in [0.05, 0.1) is 12.2 Å². The van der Waals surface area contributed by atoms with Crippen LogP contribution >= 0.6 is 0 Å². The lowest BCUT2D eigenvalue weighted by Crippen LogP contribution is -2.48. The number of nitrogens with one attached hydrogen (secondary N) is 1. The summed E-state index contributed by atoms with van der Waals surface area (Å²) in [5.41, 5.74) is 1.10. The maximum atomic E-state index is 13.1. The molecule has 1 aromatic rings. The van der Waals surface area contributed by atoms with E-state index >= 15 is 0 Å². The van der Waals surface area contributed by atoms with Crippen LogP contribution in [0.15, 0.2) is 24.3 Å². The monoisotopic (exact) mass is 294 g/mol. The van der Waals surface area contributed by atoms with Crippen molar-refractivity contribution in [2.24, 2.45) is 0 Å². The zero-order chi connectivity index (χ0) is 15.3. The van der Waals surface area contributed by atoms with Crippen LogP contribution in [0, 0.1) is 5.82 Å². The fraction of sp³-hybridized carbons (Fsp3) is 0.647. The first kappa shape index (κ1) is 16.4. The standard InChI is InChI=1S/C17H27FN2O/c1-4-19-16(14-5-7-15(18)8-6-14)9-10-20-11-12-21-17(2,3)13-20/h5-8,16,19H,4,9-13H2,1-3H3. The minimum absolute atomic E-state index is 0.0538. The van der Waals surface area contributed by atoms with Crippen molar-refractivity contribution in [2.75, 3.05) is 32.8 Å². The normalized spacial score (nSPS) is 20.4. The van der Waals surface area contributed by atoms with E-state index in [9.17, 15) is 4.39 Å². The van der Waals surface area contributed by atoms with E-state index in [2.05, 4.69) is 31.0 Å². The molecule has 4 heteroatoms. The number of nitrogens with zero attached hydrogens (tertiary/aromatic N) is 1. The molecule has 0 aromatic heterocycles. The number of rotatable bonds is 6. The van der Waals surface area contributed by atoms with Crippen LogP contribution in [0.4, 0.5) is 4.39 Å². The molecule has 1 aliphatic heterocycles. The Kier molecular flexibility index (Phi) is 5.73. The summed E-state index contributed by atoms with van der Waals surface area (Å²) in [6.07, 6.45) is 1.02. The second-order valence-electron chi connectivity index (χ2n) is 6.33. The average molecular weight is 294 g/mol. The van der Waals surface area contributed by atoms with E-state index in [0.29, 0.717) is 0 Å². The highest BCUT2D eigenvalue weighted by molar-refractivity contribution is 5.20. The molecule has 3 nitrogen and oxygen atoms in total. The molecule has 0 radical (unpaired) electrons. The van der Waals surface area contributed by atoms with Gasteiger partial charge in [-0.15, -0.1) is 0 Å². The van der Waals surface area contributed by atoms with Gasteiger partial charge in [-0.1, -0.05) is 19.1 Å². The van der Waals surface area contributed by atoms with Crippen molar-refractivity contribution in [2.45, 2.75) is 38.8 Å². The van der Waals surface area contributed by atoms with Crippen LogP contribution in [0.2, 0.25) is 0 Å². The first-order chi connectivity index (χ1) is 10.00. The van der Waals surface area contributed by atoms with Gasteiger partial charge in [-0.05, 0) is 44.5 Å². The molecule has 1 atom stereocenters. The molecule has 21 heavy (non-hydrogen) atoms. The molecule has 118 valence electrons. The third kappa shape index (κ3) is 5.06. The number of hydrogen-bond acceptors (Lipinski definition) is 3. The van der Waals surface area contributed by atoms with Gasteiger partial charge in [0.15, 0.2) is 0 Å². The van der Waals surface area contributed by atoms with Gasteiger partial charge in [0, 0.05) is 25.7 Å². The molecule has 0 spiro atoms. The molecule has 1 aliphatic rings. The van der Waals surface area contributed by atoms with E-state index in [4.69, 9.17) is 4.74 Å². The number of morpholine rings is 1. The van der Waals surface area contributed by atoms with E-state index in [1.807, 2.05) is 12.1 Å². The van der Waals surface area contributed by atoms with Crippen molar-refractivity contribution in [3.05, 3.63) is 35.6 Å². The van der Waals surface area contributed by atoms with E-state index in [0.717, 1.165) is 44.8 Å². The van der Waals surface area contributed by atoms with Crippen LogP contribution < -0.4 is 5.32 Å². The second kappa shape index (κ2) is 7.34. The largest absolute Gasteiger partial charge is 0.373 e. The molecule has 1 aromatic carbocycles. The van der Waals surface area contributed by atoms with E-state index < -0.39 is 0 Å². The maximum absolute atomic E-state index is 13.1. The summed E-state index contributed by atoms with van der Waals surface area (Å²) in [5.74, 6) is -0.177. The van der Waals surface area contributed by atoms with Crippen molar-refractivity contribution < 1.29 is 9.13 Å². The molecule has 1 N–H and O–H groups in total. The fourth-order valence-electron chi connectivity index (χ4n) is 2.94. The molecule has 1 saturated heterocycles. The van der Waals surface area contributed by atoms with Gasteiger partial charge in [-0.2, -0.15) is 0 Å². The summed E-state index contributed by atoms with van der Waals surface area (Å²) < 4.78 is 18.8. The van der Waals surface area contributed by atoms with Crippen molar-refractivity contribution in [1.82, 2.24) is 10.2 Å². The third-order valence-corrected chi connectivity index (χ3v) is 3.96. The molecule has 0 amide bonds. The van der Waals surface area contributed by atoms with Gasteiger partial charge < -0.3 is 10.1 Å². The molecular formula is C17H27FN2O. The molecular weight excluding hydrogens is 267 g/mol. The van der Waals surface area contributed by atoms with Crippen LogP contribution in [0.25, 0.3) is 0 Å². The zero-order valence-corrected chi connectivity index (χ0v) is 13.4. The van der Waals surface area contributed by atoms with Crippen molar-refractivity contribution in [3.63, 3.8) is 0 Å². The molecule has 1 unspecified atom stereocenters. The molecule has 0 saturated carbocycles. The highest BCUT2D eigenvalue weighted by Gasteiger charge is 2.27. The first-order valence-electron chi connectivity index (χ1n) is 7.85. The van der Waals surface area contributed by atoms with Crippen LogP contribution in [-0.2, 0) is 4.74 Å². The summed E-state index contributed by atoms with van der Waals surface area (Å²) in [6.45, 7) is 11.1. The Hall–Kier alpha value is -0.970. The van der Waals surface area contributed by atoms with Crippen LogP contribution in [0.1, 0.15) is 38.8 Å². The lowest BCUT2D eigenvalue weighted by atomic mass is 10.0. The van der Waals surface area contributed by atoms with Crippen molar-refractivity contribution >= 4 is 0 Å². The Balaban J connectivity index is 1.92. The van der Waals surface area contributed by atoms with Crippen LogP contribution in [-0.4, -0.2) is 43.3 Å². The predicted octanol–water partition coefficient (Wildman–Crippen LogP) is 2.98. The van der Waals surface area contributed by atoms with Crippen LogP contribution in [0.3, 0.4) is 0 Å². The minimum atomic E-state index is -0.177. The lowest BCUT2D eigenvalue weighted by molar-refractivity contribution is -0.0864. The summed E-state index contributed by atoms with van der Waals surface area (Å²) in [4.78, 5) is 2.46. The number of hydrogen-bond donors (Lipinski definition) is 1. The average Bonchev–Trinajstić information content (AvgIpc) is 2.43. The second-order valence-corrected chi connectivity index (χ2v) is 6.33. The van der Waals surface area contributed by atoms with Gasteiger partial charge >= 0.3 is 0 Å². The SMILES string of the molecule is CCNC(CCN1CCOC(C)(C)C1)c1ccc(F)cc1. The van der Waals surface area contributed by atoms with Gasteiger partial charge in [0.25, 0.3) is 0 Å². The summed E-state index contributed by atoms with van der Waals surface area (Å²) in [5, 5.41) is 3.50. The molecule has 0 aliphatic carbocycles. The quantitative estimate of drug-likeness (QED) is 0.873. The smallest absolute Gasteiger partial charge is 0.123 e. The van der Waals surface area contributed by atoms with E-state index in [1.165, 1.54) is 12.1 Å². The highest BCUT2D eigenvalue weighted by atomic mass is 19.1. The van der Waals surface area contributed by atoms with E-state index in [1.54, 1.807) is 0 Å². The van der Waals surface area contributed by atoms with Gasteiger partial charge in [-0.3, -0.25) is 4.90 Å². The lowest BCUT2D eigenvalue weighted by Gasteiger charge is -2.38. The zero-order valence-electron chi connectivity index (χ0n) is 13.4. The molecule has 1 fully saturated rings. The Morgan fingerprint density at radius 2 is 2.05 bits per heavy atom. The summed E-state index contributed by atoms with van der Waals surface area (Å²) >= 11 is 0. The predicted molar refractivity (Wildman–Crippen MR) is 83.9 cm³/mol. The summed E-state index contributed by atoms with van der Waals surface area (Å²) in [7, 11) is 0. The Labute approximate surface area is 127 Å². The highest BCUT2D eigenvalue weighted by Crippen LogP contribution is 2.21. The number of benzene rings is 1. The molecule has 1 heterocycles. The Morgan fingerprint density at radius 3 is 2.67 bits per heavy atom. The van der Waals surface area contributed by atoms with Crippen molar-refractivity contribution in [3.8, 4) is 0 Å². The van der Waals surface area contributed by atoms with Gasteiger partial charge in [0.2, 0.25) is 0 Å². The first-order valence-corrected chi connectivity index (χ1v) is 7.85. The van der Waals surface area contributed by atoms with Gasteiger partial charge in [-0.25, -0.2) is 4.39 Å². The topological polar surface area (TPSA) is 24.5 Å².